The summed E-state index contributed by atoms with van der Waals surface area (Å²) in [6.07, 6.45) is 4.49. The quantitative estimate of drug-likeness (QED) is 0.185. The summed E-state index contributed by atoms with van der Waals surface area (Å²) in [5, 5.41) is 13.1. The molecule has 144 valence electrons. The van der Waals surface area contributed by atoms with Gasteiger partial charge in [0.05, 0.1) is 11.6 Å². The van der Waals surface area contributed by atoms with Gasteiger partial charge in [-0.3, -0.25) is 4.79 Å². The topological polar surface area (TPSA) is 97.5 Å². The molecule has 0 unspecified atom stereocenters. The molecule has 0 N–H and O–H groups in total. The molecule has 8 heteroatoms. The number of benzene rings is 2. The van der Waals surface area contributed by atoms with Gasteiger partial charge in [-0.2, -0.15) is 10.2 Å². The number of carbonyl (C=O) groups excluding carboxylic acids is 1. The first-order chi connectivity index (χ1) is 14.2. The van der Waals surface area contributed by atoms with Gasteiger partial charge in [0.15, 0.2) is 5.16 Å². The molecule has 1 heterocycles. The van der Waals surface area contributed by atoms with Gasteiger partial charge in [-0.1, -0.05) is 41.2 Å². The smallest absolute Gasteiger partial charge is 0.252 e. The van der Waals surface area contributed by atoms with Gasteiger partial charge < -0.3 is 9.57 Å². The molecule has 0 spiro atoms. The van der Waals surface area contributed by atoms with Crippen LogP contribution in [0.15, 0.2) is 71.1 Å². The summed E-state index contributed by atoms with van der Waals surface area (Å²) < 4.78 is 5.73. The maximum absolute atomic E-state index is 12.3. The molecule has 0 aliphatic heterocycles. The Morgan fingerprint density at radius 3 is 2.83 bits per heavy atom. The minimum absolute atomic E-state index is 0.257. The van der Waals surface area contributed by atoms with Crippen LogP contribution in [-0.2, 0) is 6.61 Å². The number of nitriles is 1. The van der Waals surface area contributed by atoms with Crippen LogP contribution in [0.5, 0.6) is 11.6 Å². The van der Waals surface area contributed by atoms with E-state index in [4.69, 9.17) is 14.8 Å². The first-order valence-electron chi connectivity index (χ1n) is 8.51. The van der Waals surface area contributed by atoms with Gasteiger partial charge in [0.25, 0.3) is 5.88 Å². The zero-order chi connectivity index (χ0) is 20.5. The van der Waals surface area contributed by atoms with E-state index in [0.29, 0.717) is 28.6 Å². The lowest BCUT2D eigenvalue weighted by Crippen LogP contribution is -2.03. The third kappa shape index (κ3) is 5.89. The fourth-order valence-electron chi connectivity index (χ4n) is 2.26. The molecule has 7 nitrogen and oxygen atoms in total. The lowest BCUT2D eigenvalue weighted by Gasteiger charge is -2.07. The molecule has 0 amide bonds. The van der Waals surface area contributed by atoms with Crippen LogP contribution in [0.2, 0.25) is 0 Å². The van der Waals surface area contributed by atoms with Crippen LogP contribution in [0.25, 0.3) is 0 Å². The normalized spacial score (nSPS) is 10.5. The first kappa shape index (κ1) is 20.0. The Labute approximate surface area is 172 Å². The molecule has 1 aromatic heterocycles. The zero-order valence-electron chi connectivity index (χ0n) is 15.5. The van der Waals surface area contributed by atoms with Gasteiger partial charge in [-0.05, 0) is 36.1 Å². The molecule has 0 aliphatic carbocycles. The molecule has 3 rings (SSSR count). The number of carbonyl (C=O) groups is 1. The van der Waals surface area contributed by atoms with Crippen LogP contribution in [0.1, 0.15) is 21.5 Å². The molecule has 0 saturated carbocycles. The summed E-state index contributed by atoms with van der Waals surface area (Å²) in [7, 11) is 0. The summed E-state index contributed by atoms with van der Waals surface area (Å²) >= 11 is 1.38. The molecular weight excluding hydrogens is 388 g/mol. The number of Topliss-reactive ketones (excluding diaryl/α,β-unsaturated/α-hetero) is 1. The lowest BCUT2D eigenvalue weighted by atomic mass is 10.1. The number of hydrogen-bond donors (Lipinski definition) is 0. The van der Waals surface area contributed by atoms with Gasteiger partial charge in [0, 0.05) is 17.8 Å². The Kier molecular flexibility index (Phi) is 6.92. The van der Waals surface area contributed by atoms with Gasteiger partial charge in [-0.15, -0.1) is 0 Å². The summed E-state index contributed by atoms with van der Waals surface area (Å²) in [4.78, 5) is 25.6. The molecule has 3 aromatic rings. The van der Waals surface area contributed by atoms with Gasteiger partial charge >= 0.3 is 0 Å². The molecule has 29 heavy (non-hydrogen) atoms. The van der Waals surface area contributed by atoms with E-state index >= 15 is 0 Å². The minimum atomic E-state index is -0.326. The summed E-state index contributed by atoms with van der Waals surface area (Å²) in [5.74, 6) is 0.482. The Morgan fingerprint density at radius 2 is 2.07 bits per heavy atom. The summed E-state index contributed by atoms with van der Waals surface area (Å²) in [6, 6.07) is 17.5. The predicted molar refractivity (Wildman–Crippen MR) is 109 cm³/mol. The standard InChI is InChI=1S/C21H16N4O3S/c1-29-21-23-10-9-20(25-21)28-24-13-19(26)17-3-2-4-18(11-17)27-14-16-7-5-15(12-22)6-8-16/h2-11,13H,14H2,1H3/b24-13+. The maximum Gasteiger partial charge on any atom is 0.252 e. The largest absolute Gasteiger partial charge is 0.489 e. The number of rotatable bonds is 8. The minimum Gasteiger partial charge on any atom is -0.489 e. The van der Waals surface area contributed by atoms with Gasteiger partial charge in [0.1, 0.15) is 18.6 Å². The Morgan fingerprint density at radius 1 is 1.24 bits per heavy atom. The molecule has 0 atom stereocenters. The second kappa shape index (κ2) is 10.0. The van der Waals surface area contributed by atoms with Crippen molar-refractivity contribution in [1.29, 1.82) is 5.26 Å². The average molecular weight is 404 g/mol. The van der Waals surface area contributed by atoms with Crippen molar-refractivity contribution in [2.24, 2.45) is 5.16 Å². The van der Waals surface area contributed by atoms with E-state index < -0.39 is 0 Å². The number of nitrogens with zero attached hydrogens (tertiary/aromatic N) is 4. The van der Waals surface area contributed by atoms with Crippen LogP contribution in [-0.4, -0.2) is 28.2 Å². The van der Waals surface area contributed by atoms with Gasteiger partial charge in [-0.25, -0.2) is 4.98 Å². The van der Waals surface area contributed by atoms with Crippen molar-refractivity contribution in [3.63, 3.8) is 0 Å². The van der Waals surface area contributed by atoms with Crippen molar-refractivity contribution in [2.75, 3.05) is 6.26 Å². The van der Waals surface area contributed by atoms with Crippen LogP contribution in [0.3, 0.4) is 0 Å². The fraction of sp³-hybridized carbons (Fsp3) is 0.0952. The van der Waals surface area contributed by atoms with Crippen molar-refractivity contribution in [3.05, 3.63) is 77.5 Å². The van der Waals surface area contributed by atoms with Crippen molar-refractivity contribution in [2.45, 2.75) is 11.8 Å². The van der Waals surface area contributed by atoms with Gasteiger partial charge in [0.2, 0.25) is 5.78 Å². The second-order valence-corrected chi connectivity index (χ2v) is 6.47. The summed E-state index contributed by atoms with van der Waals surface area (Å²) in [6.45, 7) is 0.325. The number of ketones is 1. The molecular formula is C21H16N4O3S. The molecule has 0 fully saturated rings. The maximum atomic E-state index is 12.3. The van der Waals surface area contributed by atoms with Crippen molar-refractivity contribution in [1.82, 2.24) is 9.97 Å². The highest BCUT2D eigenvalue weighted by Crippen LogP contribution is 2.16. The van der Waals surface area contributed by atoms with Crippen LogP contribution in [0, 0.1) is 11.3 Å². The molecule has 0 bridgehead atoms. The van der Waals surface area contributed by atoms with E-state index in [1.165, 1.54) is 11.8 Å². The third-order valence-corrected chi connectivity index (χ3v) is 4.28. The average Bonchev–Trinajstić information content (AvgIpc) is 2.78. The Balaban J connectivity index is 1.58. The van der Waals surface area contributed by atoms with E-state index in [0.717, 1.165) is 11.8 Å². The number of thioether (sulfide) groups is 1. The van der Waals surface area contributed by atoms with E-state index in [-0.39, 0.29) is 11.7 Å². The monoisotopic (exact) mass is 404 g/mol. The predicted octanol–water partition coefficient (Wildman–Crippen LogP) is 3.90. The first-order valence-corrected chi connectivity index (χ1v) is 9.74. The Bertz CT molecular complexity index is 1060. The molecule has 0 aliphatic rings. The molecule has 0 radical (unpaired) electrons. The number of ether oxygens (including phenoxy) is 1. The van der Waals surface area contributed by atoms with E-state index in [1.807, 2.05) is 18.4 Å². The van der Waals surface area contributed by atoms with E-state index in [9.17, 15) is 4.79 Å². The van der Waals surface area contributed by atoms with Crippen LogP contribution < -0.4 is 9.57 Å². The SMILES string of the molecule is CSc1nccc(O/N=C/C(=O)c2cccc(OCc3ccc(C#N)cc3)c2)n1. The highest BCUT2D eigenvalue weighted by molar-refractivity contribution is 7.98. The number of aromatic nitrogens is 2. The molecule has 2 aromatic carbocycles. The fourth-order valence-corrected chi connectivity index (χ4v) is 2.61. The van der Waals surface area contributed by atoms with E-state index in [2.05, 4.69) is 21.2 Å². The molecule has 0 saturated heterocycles. The number of oxime groups is 1. The van der Waals surface area contributed by atoms with E-state index in [1.54, 1.807) is 48.7 Å². The Hall–Kier alpha value is -3.70. The zero-order valence-corrected chi connectivity index (χ0v) is 16.3. The highest BCUT2D eigenvalue weighted by atomic mass is 32.2. The lowest BCUT2D eigenvalue weighted by molar-refractivity contribution is 0.106. The van der Waals surface area contributed by atoms with Crippen LogP contribution in [0.4, 0.5) is 0 Å². The van der Waals surface area contributed by atoms with Crippen molar-refractivity contribution >= 4 is 23.8 Å². The summed E-state index contributed by atoms with van der Waals surface area (Å²) in [5.41, 5.74) is 1.93. The van der Waals surface area contributed by atoms with Crippen molar-refractivity contribution < 1.29 is 14.4 Å². The van der Waals surface area contributed by atoms with Crippen LogP contribution >= 0.6 is 11.8 Å². The number of hydrogen-bond acceptors (Lipinski definition) is 8. The second-order valence-electron chi connectivity index (χ2n) is 5.70. The highest BCUT2D eigenvalue weighted by Gasteiger charge is 2.06. The third-order valence-electron chi connectivity index (χ3n) is 3.71. The van der Waals surface area contributed by atoms with Crippen molar-refractivity contribution in [3.8, 4) is 17.7 Å².